The monoisotopic (exact) mass is 605 g/mol. The van der Waals surface area contributed by atoms with E-state index in [4.69, 9.17) is 14.5 Å². The van der Waals surface area contributed by atoms with Gasteiger partial charge in [-0.15, -0.1) is 0 Å². The van der Waals surface area contributed by atoms with Gasteiger partial charge in [0.15, 0.2) is 0 Å². The zero-order valence-electron chi connectivity index (χ0n) is 25.0. The molecule has 2 unspecified atom stereocenters. The molecule has 0 radical (unpaired) electrons. The average molecular weight is 606 g/mol. The maximum Gasteiger partial charge on any atom is 0.330 e. The van der Waals surface area contributed by atoms with Crippen molar-refractivity contribution in [3.8, 4) is 5.88 Å². The van der Waals surface area contributed by atoms with E-state index in [2.05, 4.69) is 10.6 Å². The second-order valence-corrected chi connectivity index (χ2v) is 11.1. The fourth-order valence-corrected chi connectivity index (χ4v) is 5.81. The molecule has 2 aliphatic rings. The molecule has 3 heterocycles. The standard InChI is InChI=1S/C32H36FN5O6/c1-19-21(22-8-5-6-10-24(22)33)9-7-14-32(19,36-28(40)23-17-37(2)31(42)38(3)30(23)41)27-12-11-20(29(35-27)43-4)16-34-25-13-15-44-18-26(25)39/h5-12,14,17,19,25-26,34,39H,13,15-16,18H2,1-4H3,(H,36,40)/t19?,25-,26+,32?/m1/s1. The first kappa shape index (κ1) is 31.0. The quantitative estimate of drug-likeness (QED) is 0.354. The first-order valence-electron chi connectivity index (χ1n) is 14.3. The van der Waals surface area contributed by atoms with Gasteiger partial charge in [0.05, 0.1) is 25.5 Å². The number of rotatable bonds is 8. The van der Waals surface area contributed by atoms with Crippen molar-refractivity contribution in [1.29, 1.82) is 0 Å². The van der Waals surface area contributed by atoms with Gasteiger partial charge in [0.25, 0.3) is 11.5 Å². The minimum Gasteiger partial charge on any atom is -0.481 e. The summed E-state index contributed by atoms with van der Waals surface area (Å²) in [6.45, 7) is 3.01. The topological polar surface area (TPSA) is 137 Å². The van der Waals surface area contributed by atoms with Gasteiger partial charge < -0.3 is 29.8 Å². The van der Waals surface area contributed by atoms with E-state index in [0.717, 1.165) is 14.7 Å². The largest absolute Gasteiger partial charge is 0.481 e. The second-order valence-electron chi connectivity index (χ2n) is 11.1. The third kappa shape index (κ3) is 5.75. The molecule has 2 aromatic heterocycles. The van der Waals surface area contributed by atoms with Crippen LogP contribution in [0.1, 0.15) is 40.5 Å². The predicted molar refractivity (Wildman–Crippen MR) is 162 cm³/mol. The highest BCUT2D eigenvalue weighted by Gasteiger charge is 2.43. The Morgan fingerprint density at radius 3 is 2.73 bits per heavy atom. The second kappa shape index (κ2) is 12.7. The molecule has 1 amide bonds. The third-order valence-electron chi connectivity index (χ3n) is 8.42. The Labute approximate surface area is 253 Å². The van der Waals surface area contributed by atoms with Crippen molar-refractivity contribution in [3.05, 3.63) is 110 Å². The summed E-state index contributed by atoms with van der Waals surface area (Å²) < 4.78 is 28.1. The van der Waals surface area contributed by atoms with Crippen molar-refractivity contribution in [1.82, 2.24) is 24.8 Å². The lowest BCUT2D eigenvalue weighted by Gasteiger charge is -2.40. The summed E-state index contributed by atoms with van der Waals surface area (Å²) in [5.41, 5.74) is -0.812. The Balaban J connectivity index is 1.57. The van der Waals surface area contributed by atoms with Crippen LogP contribution in [0.5, 0.6) is 5.88 Å². The van der Waals surface area contributed by atoms with Gasteiger partial charge in [-0.3, -0.25) is 14.2 Å². The van der Waals surface area contributed by atoms with E-state index in [0.29, 0.717) is 42.3 Å². The number of halogens is 1. The number of hydrogen-bond donors (Lipinski definition) is 3. The highest BCUT2D eigenvalue weighted by atomic mass is 19.1. The Kier molecular flexibility index (Phi) is 8.95. The van der Waals surface area contributed by atoms with E-state index in [1.807, 2.05) is 13.0 Å². The van der Waals surface area contributed by atoms with Crippen LogP contribution in [0, 0.1) is 11.7 Å². The molecule has 12 heteroatoms. The number of ether oxygens (including phenoxy) is 2. The fourth-order valence-electron chi connectivity index (χ4n) is 5.81. The summed E-state index contributed by atoms with van der Waals surface area (Å²) >= 11 is 0. The van der Waals surface area contributed by atoms with E-state index in [1.165, 1.54) is 33.5 Å². The summed E-state index contributed by atoms with van der Waals surface area (Å²) in [6.07, 6.45) is 6.48. The number of aryl methyl sites for hydroxylation is 1. The lowest BCUT2D eigenvalue weighted by molar-refractivity contribution is -0.0281. The van der Waals surface area contributed by atoms with Crippen LogP contribution in [0.15, 0.2) is 70.4 Å². The highest BCUT2D eigenvalue weighted by molar-refractivity contribution is 5.95. The smallest absolute Gasteiger partial charge is 0.330 e. The minimum atomic E-state index is -1.35. The van der Waals surface area contributed by atoms with Crippen molar-refractivity contribution in [3.63, 3.8) is 0 Å². The summed E-state index contributed by atoms with van der Waals surface area (Å²) in [4.78, 5) is 43.9. The average Bonchev–Trinajstić information content (AvgIpc) is 3.02. The van der Waals surface area contributed by atoms with Crippen LogP contribution < -0.4 is 26.6 Å². The molecule has 0 spiro atoms. The van der Waals surface area contributed by atoms with Gasteiger partial charge >= 0.3 is 5.69 Å². The van der Waals surface area contributed by atoms with Crippen molar-refractivity contribution < 1.29 is 23.8 Å². The van der Waals surface area contributed by atoms with E-state index >= 15 is 4.39 Å². The number of pyridine rings is 1. The van der Waals surface area contributed by atoms with E-state index in [-0.39, 0.29) is 18.2 Å². The van der Waals surface area contributed by atoms with Crippen molar-refractivity contribution in [2.24, 2.45) is 20.0 Å². The lowest BCUT2D eigenvalue weighted by atomic mass is 9.72. The van der Waals surface area contributed by atoms with Gasteiger partial charge in [0, 0.05) is 56.5 Å². The molecule has 232 valence electrons. The molecule has 44 heavy (non-hydrogen) atoms. The molecule has 1 saturated heterocycles. The Morgan fingerprint density at radius 2 is 2.00 bits per heavy atom. The number of amides is 1. The summed E-state index contributed by atoms with van der Waals surface area (Å²) in [5, 5.41) is 16.6. The van der Waals surface area contributed by atoms with E-state index in [1.54, 1.807) is 42.5 Å². The molecule has 1 fully saturated rings. The molecule has 3 N–H and O–H groups in total. The van der Waals surface area contributed by atoms with Crippen LogP contribution >= 0.6 is 0 Å². The zero-order valence-corrected chi connectivity index (χ0v) is 25.0. The maximum absolute atomic E-state index is 15.0. The third-order valence-corrected chi connectivity index (χ3v) is 8.42. The van der Waals surface area contributed by atoms with Crippen molar-refractivity contribution in [2.45, 2.75) is 37.6 Å². The lowest BCUT2D eigenvalue weighted by Crippen LogP contribution is -2.52. The molecule has 4 atom stereocenters. The summed E-state index contributed by atoms with van der Waals surface area (Å²) in [5.74, 6) is -1.42. The number of nitrogens with zero attached hydrogens (tertiary/aromatic N) is 3. The molecular formula is C32H36FN5O6. The first-order valence-corrected chi connectivity index (χ1v) is 14.3. The Bertz CT molecular complexity index is 1750. The number of carbonyl (C=O) groups is 1. The Hall–Kier alpha value is -4.39. The molecule has 0 saturated carbocycles. The van der Waals surface area contributed by atoms with Gasteiger partial charge in [0.2, 0.25) is 5.88 Å². The normalized spacial score (nSPS) is 23.2. The molecule has 1 aliphatic heterocycles. The minimum absolute atomic E-state index is 0.155. The highest BCUT2D eigenvalue weighted by Crippen LogP contribution is 2.43. The molecule has 0 bridgehead atoms. The number of nitrogens with one attached hydrogen (secondary N) is 2. The van der Waals surface area contributed by atoms with Gasteiger partial charge in [-0.25, -0.2) is 14.2 Å². The summed E-state index contributed by atoms with van der Waals surface area (Å²) in [7, 11) is 4.25. The molecule has 11 nitrogen and oxygen atoms in total. The molecule has 3 aromatic rings. The fraction of sp³-hybridized carbons (Fsp3) is 0.375. The van der Waals surface area contributed by atoms with Gasteiger partial charge in [-0.2, -0.15) is 0 Å². The van der Waals surface area contributed by atoms with Crippen LogP contribution in [0.25, 0.3) is 5.57 Å². The molecule has 1 aliphatic carbocycles. The van der Waals surface area contributed by atoms with Crippen LogP contribution in [0.4, 0.5) is 4.39 Å². The number of hydrogen-bond acceptors (Lipinski definition) is 8. The van der Waals surface area contributed by atoms with Crippen LogP contribution in [0.3, 0.4) is 0 Å². The number of aliphatic hydroxyl groups is 1. The van der Waals surface area contributed by atoms with Crippen LogP contribution in [-0.2, 0) is 30.9 Å². The number of aliphatic hydroxyl groups excluding tert-OH is 1. The van der Waals surface area contributed by atoms with Gasteiger partial charge in [-0.1, -0.05) is 49.4 Å². The Morgan fingerprint density at radius 1 is 1.23 bits per heavy atom. The number of benzene rings is 1. The van der Waals surface area contributed by atoms with Crippen molar-refractivity contribution >= 4 is 11.5 Å². The number of methoxy groups -OCH3 is 1. The molecule has 1 aromatic carbocycles. The predicted octanol–water partition coefficient (Wildman–Crippen LogP) is 1.78. The van der Waals surface area contributed by atoms with Crippen molar-refractivity contribution in [2.75, 3.05) is 20.3 Å². The number of allylic oxidation sites excluding steroid dienone is 2. The van der Waals surface area contributed by atoms with Gasteiger partial charge in [0.1, 0.15) is 16.9 Å². The maximum atomic E-state index is 15.0. The van der Waals surface area contributed by atoms with E-state index < -0.39 is 40.5 Å². The summed E-state index contributed by atoms with van der Waals surface area (Å²) in [6, 6.07) is 9.79. The number of carbonyl (C=O) groups excluding carboxylic acids is 1. The van der Waals surface area contributed by atoms with Crippen LogP contribution in [0.2, 0.25) is 0 Å². The zero-order chi connectivity index (χ0) is 31.6. The number of aromatic nitrogens is 3. The SMILES string of the molecule is COc1nc(C2(NC(=O)c3cn(C)c(=O)n(C)c3=O)C=CC=C(c3ccccc3F)C2C)ccc1CN[C@@H]1CCOC[C@@H]1O. The molecule has 5 rings (SSSR count). The van der Waals surface area contributed by atoms with Crippen LogP contribution in [-0.4, -0.2) is 57.6 Å². The first-order chi connectivity index (χ1) is 21.1. The van der Waals surface area contributed by atoms with E-state index in [9.17, 15) is 19.5 Å². The van der Waals surface area contributed by atoms with Gasteiger partial charge in [-0.05, 0) is 24.1 Å². The molecular weight excluding hydrogens is 569 g/mol.